The summed E-state index contributed by atoms with van der Waals surface area (Å²) < 4.78 is 13.5. The number of aliphatic carboxylic acids is 1. The number of carboxylic acids is 1. The van der Waals surface area contributed by atoms with Crippen molar-refractivity contribution in [2.75, 3.05) is 19.6 Å². The van der Waals surface area contributed by atoms with Crippen molar-refractivity contribution in [1.29, 1.82) is 0 Å². The molecular weight excluding hydrogens is 449 g/mol. The third kappa shape index (κ3) is 4.32. The Bertz CT molecular complexity index is 895. The first-order valence-electron chi connectivity index (χ1n) is 11.8. The van der Waals surface area contributed by atoms with Gasteiger partial charge < -0.3 is 20.2 Å². The van der Waals surface area contributed by atoms with Gasteiger partial charge in [0.25, 0.3) is 0 Å². The number of thioether (sulfide) groups is 1. The molecule has 3 fully saturated rings. The lowest BCUT2D eigenvalue weighted by Crippen LogP contribution is -2.62. The zero-order valence-electron chi connectivity index (χ0n) is 19.3. The molecule has 4 aliphatic heterocycles. The molecule has 4 aliphatic rings. The minimum atomic E-state index is -1.12. The van der Waals surface area contributed by atoms with Crippen LogP contribution in [0, 0.1) is 17.8 Å². The van der Waals surface area contributed by atoms with Gasteiger partial charge in [0.05, 0.1) is 24.5 Å². The predicted octanol–water partition coefficient (Wildman–Crippen LogP) is 1.80. The number of nitrogens with zero attached hydrogens (tertiary/aromatic N) is 2. The highest BCUT2D eigenvalue weighted by atomic mass is 32.2. The van der Waals surface area contributed by atoms with Crippen LogP contribution in [0.15, 0.2) is 10.6 Å². The number of fused-ring (bicyclic) bond motifs is 1. The van der Waals surface area contributed by atoms with E-state index in [2.05, 4.69) is 5.32 Å². The lowest BCUT2D eigenvalue weighted by molar-refractivity contribution is -0.160. The molecule has 33 heavy (non-hydrogen) atoms. The maximum absolute atomic E-state index is 13.5. The van der Waals surface area contributed by atoms with Crippen LogP contribution in [0.5, 0.6) is 0 Å². The molecule has 182 valence electrons. The van der Waals surface area contributed by atoms with Gasteiger partial charge in [-0.05, 0) is 18.8 Å². The minimum Gasteiger partial charge on any atom is -0.477 e. The summed E-state index contributed by atoms with van der Waals surface area (Å²) in [4.78, 5) is 53.3. The number of halogens is 1. The first-order valence-corrected chi connectivity index (χ1v) is 12.7. The van der Waals surface area contributed by atoms with E-state index in [1.54, 1.807) is 11.8 Å². The number of likely N-dealkylation sites (tertiary alicyclic amines) is 1. The number of β-lactam (4-membered cyclic amide) rings is 1. The lowest BCUT2D eigenvalue weighted by Gasteiger charge is -2.47. The SMILES string of the molecule is CCC(=O)C[C@H](C)[C@H]1C(=O)N2C(C(=O)O)=C(S[C@@H]3CN[C@H](C(=O)N4CC[C@H](F)C4)C3)[C@H](C)[C@H]12. The van der Waals surface area contributed by atoms with E-state index in [0.717, 1.165) is 0 Å². The summed E-state index contributed by atoms with van der Waals surface area (Å²) in [7, 11) is 0. The maximum Gasteiger partial charge on any atom is 0.353 e. The van der Waals surface area contributed by atoms with Crippen molar-refractivity contribution in [2.45, 2.75) is 70.0 Å². The largest absolute Gasteiger partial charge is 0.477 e. The molecule has 0 saturated carbocycles. The van der Waals surface area contributed by atoms with Gasteiger partial charge in [-0.2, -0.15) is 0 Å². The van der Waals surface area contributed by atoms with Gasteiger partial charge >= 0.3 is 5.97 Å². The van der Waals surface area contributed by atoms with Crippen LogP contribution in [0.1, 0.15) is 46.5 Å². The average Bonchev–Trinajstić information content (AvgIpc) is 3.46. The molecule has 4 heterocycles. The normalized spacial score (nSPS) is 34.5. The van der Waals surface area contributed by atoms with Crippen molar-refractivity contribution < 1.29 is 28.7 Å². The van der Waals surface area contributed by atoms with Crippen molar-refractivity contribution in [2.24, 2.45) is 17.8 Å². The number of nitrogens with one attached hydrogen (secondary N) is 1. The number of alkyl halides is 1. The number of carbonyl (C=O) groups is 4. The second kappa shape index (κ2) is 9.37. The summed E-state index contributed by atoms with van der Waals surface area (Å²) in [5.74, 6) is -1.98. The Kier molecular flexibility index (Phi) is 6.87. The fraction of sp³-hybridized carbons (Fsp3) is 0.739. The molecule has 8 nitrogen and oxygen atoms in total. The van der Waals surface area contributed by atoms with E-state index >= 15 is 0 Å². The molecule has 0 spiro atoms. The van der Waals surface area contributed by atoms with Crippen molar-refractivity contribution >= 4 is 35.3 Å². The Morgan fingerprint density at radius 3 is 2.67 bits per heavy atom. The molecule has 2 N–H and O–H groups in total. The van der Waals surface area contributed by atoms with Gasteiger partial charge in [-0.15, -0.1) is 11.8 Å². The summed E-state index contributed by atoms with van der Waals surface area (Å²) in [6, 6.07) is -0.645. The van der Waals surface area contributed by atoms with Crippen molar-refractivity contribution in [3.05, 3.63) is 10.6 Å². The quantitative estimate of drug-likeness (QED) is 0.509. The monoisotopic (exact) mass is 481 g/mol. The zero-order valence-corrected chi connectivity index (χ0v) is 20.1. The fourth-order valence-electron chi connectivity index (χ4n) is 5.70. The van der Waals surface area contributed by atoms with Gasteiger partial charge in [-0.1, -0.05) is 20.8 Å². The Hall–Kier alpha value is -1.94. The molecule has 0 unspecified atom stereocenters. The van der Waals surface area contributed by atoms with Crippen LogP contribution in [-0.2, 0) is 19.2 Å². The first-order chi connectivity index (χ1) is 15.6. The molecule has 2 amide bonds. The Morgan fingerprint density at radius 2 is 2.06 bits per heavy atom. The zero-order chi connectivity index (χ0) is 24.0. The minimum absolute atomic E-state index is 0.0131. The number of rotatable bonds is 8. The summed E-state index contributed by atoms with van der Waals surface area (Å²) in [5, 5.41) is 13.1. The fourth-order valence-corrected chi connectivity index (χ4v) is 7.18. The number of hydrogen-bond acceptors (Lipinski definition) is 6. The number of amides is 2. The number of ketones is 1. The van der Waals surface area contributed by atoms with E-state index in [9.17, 15) is 28.7 Å². The molecule has 0 bridgehead atoms. The number of hydrogen-bond donors (Lipinski definition) is 2. The first kappa shape index (κ1) is 24.2. The van der Waals surface area contributed by atoms with Crippen LogP contribution < -0.4 is 5.32 Å². The average molecular weight is 482 g/mol. The molecule has 0 aromatic rings. The van der Waals surface area contributed by atoms with Crippen LogP contribution in [0.4, 0.5) is 4.39 Å². The van der Waals surface area contributed by atoms with E-state index < -0.39 is 18.2 Å². The Balaban J connectivity index is 1.44. The van der Waals surface area contributed by atoms with Crippen LogP contribution in [0.2, 0.25) is 0 Å². The molecule has 4 rings (SSSR count). The second-order valence-corrected chi connectivity index (χ2v) is 11.1. The van der Waals surface area contributed by atoms with Gasteiger partial charge in [0.15, 0.2) is 0 Å². The smallest absolute Gasteiger partial charge is 0.353 e. The van der Waals surface area contributed by atoms with E-state index in [-0.39, 0.29) is 58.9 Å². The molecule has 0 aliphatic carbocycles. The highest BCUT2D eigenvalue weighted by molar-refractivity contribution is 8.03. The van der Waals surface area contributed by atoms with E-state index in [1.807, 2.05) is 13.8 Å². The van der Waals surface area contributed by atoms with Gasteiger partial charge in [0.2, 0.25) is 11.8 Å². The van der Waals surface area contributed by atoms with Crippen molar-refractivity contribution in [3.8, 4) is 0 Å². The van der Waals surface area contributed by atoms with Crippen molar-refractivity contribution in [3.63, 3.8) is 0 Å². The van der Waals surface area contributed by atoms with Crippen LogP contribution in [0.25, 0.3) is 0 Å². The third-order valence-corrected chi connectivity index (χ3v) is 8.98. The van der Waals surface area contributed by atoms with E-state index in [4.69, 9.17) is 0 Å². The number of carboxylic acid groups (broad SMARTS) is 1. The van der Waals surface area contributed by atoms with Crippen LogP contribution in [-0.4, -0.2) is 81.6 Å². The van der Waals surface area contributed by atoms with Gasteiger partial charge in [0.1, 0.15) is 17.7 Å². The molecule has 0 aromatic heterocycles. The van der Waals surface area contributed by atoms with Gasteiger partial charge in [-0.25, -0.2) is 9.18 Å². The molecule has 0 aromatic carbocycles. The molecule has 3 saturated heterocycles. The lowest BCUT2D eigenvalue weighted by atomic mass is 9.73. The van der Waals surface area contributed by atoms with Crippen LogP contribution >= 0.6 is 11.8 Å². The van der Waals surface area contributed by atoms with E-state index in [1.165, 1.54) is 16.7 Å². The third-order valence-electron chi connectivity index (χ3n) is 7.47. The number of carbonyl (C=O) groups excluding carboxylic acids is 3. The van der Waals surface area contributed by atoms with Gasteiger partial charge in [-0.3, -0.25) is 14.4 Å². The molecular formula is C23H32FN3O5S. The van der Waals surface area contributed by atoms with Crippen LogP contribution in [0.3, 0.4) is 0 Å². The maximum atomic E-state index is 13.5. The second-order valence-electron chi connectivity index (χ2n) is 9.71. The highest BCUT2D eigenvalue weighted by Crippen LogP contribution is 2.53. The summed E-state index contributed by atoms with van der Waals surface area (Å²) >= 11 is 1.44. The summed E-state index contributed by atoms with van der Waals surface area (Å²) in [6.07, 6.45) is 0.684. The summed E-state index contributed by atoms with van der Waals surface area (Å²) in [5.41, 5.74) is 0.0439. The standard InChI is InChI=1S/C23H32FN3O5S/c1-4-14(28)7-11(2)17-18-12(3)20(19(23(31)32)27(18)22(17)30)33-15-8-16(25-9-15)21(29)26-6-5-13(24)10-26/h11-13,15-18,25H,4-10H2,1-3H3,(H,31,32)/t11-,12+,13-,15-,16-,17+,18+/m0/s1. The van der Waals surface area contributed by atoms with E-state index in [0.29, 0.717) is 43.7 Å². The highest BCUT2D eigenvalue weighted by Gasteiger charge is 2.60. The molecule has 7 atom stereocenters. The molecule has 10 heteroatoms. The van der Waals surface area contributed by atoms with Crippen molar-refractivity contribution in [1.82, 2.24) is 15.1 Å². The Morgan fingerprint density at radius 1 is 1.33 bits per heavy atom. The van der Waals surface area contributed by atoms with Gasteiger partial charge in [0, 0.05) is 42.0 Å². The number of Topliss-reactive ketones (excluding diaryl/α,β-unsaturated/α-hetero) is 1. The molecule has 0 radical (unpaired) electrons. The Labute approximate surface area is 197 Å². The topological polar surface area (TPSA) is 107 Å². The summed E-state index contributed by atoms with van der Waals surface area (Å²) in [6.45, 7) is 6.75. The predicted molar refractivity (Wildman–Crippen MR) is 121 cm³/mol.